The molecule has 8 nitrogen and oxygen atoms in total. The molecule has 0 spiro atoms. The summed E-state index contributed by atoms with van der Waals surface area (Å²) < 4.78 is 69.8. The molecule has 0 aliphatic carbocycles. The number of fused-ring (bicyclic) bond motifs is 1. The highest BCUT2D eigenvalue weighted by Crippen LogP contribution is 2.34. The standard InChI is InChI=1S/C23H26F3N3O5S/c1-15-12-28(18-4-6-19(7-5-18)34-23(24,25)26)13-16(2)29(15)35(32,33)20-8-3-17-9-10-27(14-22(30)31)21(17)11-20/h3-8,11,15-16H,9-10,12-14H2,1-2H3,(H,30,31)/t15-,16+. The van der Waals surface area contributed by atoms with Crippen LogP contribution in [-0.2, 0) is 21.2 Å². The molecule has 0 radical (unpaired) electrons. The number of aliphatic carboxylic acids is 1. The normalized spacial score (nSPS) is 21.2. The fraction of sp³-hybridized carbons (Fsp3) is 0.435. The number of anilines is 2. The monoisotopic (exact) mass is 513 g/mol. The molecule has 1 N–H and O–H groups in total. The van der Waals surface area contributed by atoms with E-state index in [0.29, 0.717) is 37.4 Å². The first kappa shape index (κ1) is 25.1. The number of carboxylic acids is 1. The van der Waals surface area contributed by atoms with Gasteiger partial charge >= 0.3 is 12.3 Å². The molecule has 0 aromatic heterocycles. The van der Waals surface area contributed by atoms with Gasteiger partial charge in [-0.3, -0.25) is 4.79 Å². The van der Waals surface area contributed by atoms with Crippen LogP contribution in [0.5, 0.6) is 5.75 Å². The SMILES string of the molecule is C[C@@H]1CN(c2ccc(OC(F)(F)F)cc2)C[C@H](C)N1S(=O)(=O)c1ccc2c(c1)N(CC(=O)O)CC2. The van der Waals surface area contributed by atoms with Crippen LogP contribution in [0, 0.1) is 0 Å². The lowest BCUT2D eigenvalue weighted by molar-refractivity contribution is -0.274. The van der Waals surface area contributed by atoms with Gasteiger partial charge in [-0.25, -0.2) is 8.42 Å². The number of benzene rings is 2. The molecule has 0 bridgehead atoms. The first-order valence-corrected chi connectivity index (χ1v) is 12.5. The smallest absolute Gasteiger partial charge is 0.480 e. The second-order valence-corrected chi connectivity index (χ2v) is 10.7. The van der Waals surface area contributed by atoms with Gasteiger partial charge in [0.2, 0.25) is 10.0 Å². The van der Waals surface area contributed by atoms with E-state index in [4.69, 9.17) is 5.11 Å². The van der Waals surface area contributed by atoms with Crippen molar-refractivity contribution in [2.24, 2.45) is 0 Å². The Kier molecular flexibility index (Phi) is 6.62. The topological polar surface area (TPSA) is 90.4 Å². The largest absolute Gasteiger partial charge is 0.573 e. The summed E-state index contributed by atoms with van der Waals surface area (Å²) in [5, 5.41) is 9.16. The van der Waals surface area contributed by atoms with Crippen LogP contribution in [0.15, 0.2) is 47.4 Å². The molecule has 2 aliphatic rings. The van der Waals surface area contributed by atoms with Crippen molar-refractivity contribution in [2.45, 2.75) is 43.6 Å². The van der Waals surface area contributed by atoms with Gasteiger partial charge in [0.25, 0.3) is 0 Å². The van der Waals surface area contributed by atoms with Gasteiger partial charge in [-0.05, 0) is 62.2 Å². The van der Waals surface area contributed by atoms with Crippen molar-refractivity contribution < 1.29 is 36.2 Å². The molecule has 1 fully saturated rings. The Balaban J connectivity index is 1.52. The third-order valence-electron chi connectivity index (χ3n) is 6.22. The van der Waals surface area contributed by atoms with Crippen molar-refractivity contribution in [3.63, 3.8) is 0 Å². The molecule has 2 atom stereocenters. The highest BCUT2D eigenvalue weighted by molar-refractivity contribution is 7.89. The minimum Gasteiger partial charge on any atom is -0.480 e. The van der Waals surface area contributed by atoms with Crippen molar-refractivity contribution in [2.75, 3.05) is 36.0 Å². The molecule has 0 saturated carbocycles. The number of sulfonamides is 1. The lowest BCUT2D eigenvalue weighted by atomic mass is 10.1. The molecule has 0 amide bonds. The van der Waals surface area contributed by atoms with E-state index >= 15 is 0 Å². The Bertz CT molecular complexity index is 1190. The van der Waals surface area contributed by atoms with Crippen molar-refractivity contribution in [1.29, 1.82) is 0 Å². The third kappa shape index (κ3) is 5.32. The van der Waals surface area contributed by atoms with Gasteiger partial charge in [-0.15, -0.1) is 13.2 Å². The predicted molar refractivity (Wildman–Crippen MR) is 123 cm³/mol. The van der Waals surface area contributed by atoms with Crippen LogP contribution in [0.1, 0.15) is 19.4 Å². The van der Waals surface area contributed by atoms with Crippen LogP contribution in [0.2, 0.25) is 0 Å². The van der Waals surface area contributed by atoms with Crippen molar-refractivity contribution in [3.8, 4) is 5.75 Å². The van der Waals surface area contributed by atoms with Crippen LogP contribution in [-0.4, -0.2) is 68.4 Å². The van der Waals surface area contributed by atoms with E-state index in [1.807, 2.05) is 4.90 Å². The Morgan fingerprint density at radius 1 is 1.09 bits per heavy atom. The first-order valence-electron chi connectivity index (χ1n) is 11.1. The Labute approximate surface area is 201 Å². The number of hydrogen-bond donors (Lipinski definition) is 1. The molecule has 1 saturated heterocycles. The van der Waals surface area contributed by atoms with Crippen LogP contribution in [0.25, 0.3) is 0 Å². The van der Waals surface area contributed by atoms with Crippen LogP contribution in [0.3, 0.4) is 0 Å². The second-order valence-electron chi connectivity index (χ2n) is 8.84. The van der Waals surface area contributed by atoms with E-state index in [1.54, 1.807) is 36.9 Å². The number of piperazine rings is 1. The highest BCUT2D eigenvalue weighted by Gasteiger charge is 2.39. The van der Waals surface area contributed by atoms with E-state index in [1.165, 1.54) is 28.6 Å². The molecule has 2 aliphatic heterocycles. The number of rotatable bonds is 6. The third-order valence-corrected chi connectivity index (χ3v) is 8.35. The highest BCUT2D eigenvalue weighted by atomic mass is 32.2. The summed E-state index contributed by atoms with van der Waals surface area (Å²) in [6, 6.07) is 9.50. The molecular weight excluding hydrogens is 487 g/mol. The number of carboxylic acid groups (broad SMARTS) is 1. The number of hydrogen-bond acceptors (Lipinski definition) is 6. The Hall–Kier alpha value is -2.99. The molecule has 2 heterocycles. The summed E-state index contributed by atoms with van der Waals surface area (Å²) >= 11 is 0. The number of nitrogens with zero attached hydrogens (tertiary/aromatic N) is 3. The average Bonchev–Trinajstić information content (AvgIpc) is 3.14. The van der Waals surface area contributed by atoms with Gasteiger partial charge in [-0.1, -0.05) is 6.07 Å². The van der Waals surface area contributed by atoms with Gasteiger partial charge in [-0.2, -0.15) is 4.31 Å². The predicted octanol–water partition coefficient (Wildman–Crippen LogP) is 3.32. The summed E-state index contributed by atoms with van der Waals surface area (Å²) in [6.07, 6.45) is -4.12. The fourth-order valence-electron chi connectivity index (χ4n) is 4.89. The minimum atomic E-state index is -4.77. The average molecular weight is 514 g/mol. The van der Waals surface area contributed by atoms with Gasteiger partial charge in [0.15, 0.2) is 0 Å². The maximum atomic E-state index is 13.6. The van der Waals surface area contributed by atoms with E-state index in [2.05, 4.69) is 4.74 Å². The number of halogens is 3. The maximum absolute atomic E-state index is 13.6. The van der Waals surface area contributed by atoms with Crippen LogP contribution >= 0.6 is 0 Å². The summed E-state index contributed by atoms with van der Waals surface area (Å²) in [5.74, 6) is -1.31. The zero-order valence-corrected chi connectivity index (χ0v) is 20.0. The minimum absolute atomic E-state index is 0.106. The zero-order chi connectivity index (χ0) is 25.5. The van der Waals surface area contributed by atoms with Gasteiger partial charge < -0.3 is 19.6 Å². The first-order chi connectivity index (χ1) is 16.3. The summed E-state index contributed by atoms with van der Waals surface area (Å²) in [5.41, 5.74) is 2.19. The fourth-order valence-corrected chi connectivity index (χ4v) is 6.71. The number of alkyl halides is 3. The lowest BCUT2D eigenvalue weighted by Gasteiger charge is -2.44. The van der Waals surface area contributed by atoms with Crippen molar-refractivity contribution in [3.05, 3.63) is 48.0 Å². The quantitative estimate of drug-likeness (QED) is 0.634. The van der Waals surface area contributed by atoms with Gasteiger partial charge in [0.05, 0.1) is 4.90 Å². The van der Waals surface area contributed by atoms with E-state index < -0.39 is 34.4 Å². The molecular formula is C23H26F3N3O5S. The molecule has 2 aromatic rings. The molecule has 2 aromatic carbocycles. The van der Waals surface area contributed by atoms with Gasteiger partial charge in [0.1, 0.15) is 12.3 Å². The summed E-state index contributed by atoms with van der Waals surface area (Å²) in [4.78, 5) is 14.9. The van der Waals surface area contributed by atoms with E-state index in [9.17, 15) is 26.4 Å². The van der Waals surface area contributed by atoms with E-state index in [-0.39, 0.29) is 17.2 Å². The van der Waals surface area contributed by atoms with Crippen LogP contribution < -0.4 is 14.5 Å². The maximum Gasteiger partial charge on any atom is 0.573 e. The van der Waals surface area contributed by atoms with Crippen molar-refractivity contribution >= 4 is 27.4 Å². The number of carbonyl (C=O) groups is 1. The van der Waals surface area contributed by atoms with Crippen LogP contribution in [0.4, 0.5) is 24.5 Å². The number of ether oxygens (including phenoxy) is 1. The summed E-state index contributed by atoms with van der Waals surface area (Å²) in [6.45, 7) is 4.58. The molecule has 0 unspecified atom stereocenters. The van der Waals surface area contributed by atoms with Gasteiger partial charge in [0, 0.05) is 43.1 Å². The lowest BCUT2D eigenvalue weighted by Crippen LogP contribution is -2.58. The zero-order valence-electron chi connectivity index (χ0n) is 19.2. The molecule has 12 heteroatoms. The Morgan fingerprint density at radius 3 is 2.29 bits per heavy atom. The summed E-state index contributed by atoms with van der Waals surface area (Å²) in [7, 11) is -3.88. The molecule has 4 rings (SSSR count). The van der Waals surface area contributed by atoms with Crippen molar-refractivity contribution in [1.82, 2.24) is 4.31 Å². The Morgan fingerprint density at radius 2 is 1.71 bits per heavy atom. The van der Waals surface area contributed by atoms with E-state index in [0.717, 1.165) is 5.56 Å². The second kappa shape index (κ2) is 9.23. The molecule has 190 valence electrons. The molecule has 35 heavy (non-hydrogen) atoms.